The van der Waals surface area contributed by atoms with Gasteiger partial charge in [0, 0.05) is 5.39 Å². The van der Waals surface area contributed by atoms with Gasteiger partial charge in [-0.3, -0.25) is 0 Å². The molecule has 0 atom stereocenters. The minimum Gasteiger partial charge on any atom is -0.227 e. The maximum absolute atomic E-state index is 5.21. The number of aryl methyl sites for hydroxylation is 2. The Morgan fingerprint density at radius 2 is 1.67 bits per heavy atom. The minimum atomic E-state index is 1.00. The van der Waals surface area contributed by atoms with Crippen molar-refractivity contribution in [1.82, 2.24) is 14.8 Å². The van der Waals surface area contributed by atoms with E-state index in [9.17, 15) is 0 Å². The highest BCUT2D eigenvalue weighted by Crippen LogP contribution is 2.37. The van der Waals surface area contributed by atoms with Gasteiger partial charge in [0.25, 0.3) is 0 Å². The Bertz CT molecular complexity index is 1080. The Morgan fingerprint density at radius 1 is 0.889 bits per heavy atom. The molecule has 1 aliphatic rings. The van der Waals surface area contributed by atoms with Crippen LogP contribution in [0, 0.1) is 6.92 Å². The van der Waals surface area contributed by atoms with Crippen molar-refractivity contribution in [3.8, 4) is 16.3 Å². The third kappa shape index (κ3) is 2.88. The van der Waals surface area contributed by atoms with Crippen molar-refractivity contribution in [1.29, 1.82) is 0 Å². The number of para-hydroxylation sites is 1. The monoisotopic (exact) mass is 373 g/mol. The van der Waals surface area contributed by atoms with E-state index in [4.69, 9.17) is 10.1 Å². The molecule has 136 valence electrons. The molecule has 1 aromatic carbocycles. The van der Waals surface area contributed by atoms with Crippen LogP contribution in [0.5, 0.6) is 0 Å². The lowest BCUT2D eigenvalue weighted by Crippen LogP contribution is -2.06. The molecule has 0 saturated heterocycles. The quantitative estimate of drug-likeness (QED) is 0.424. The van der Waals surface area contributed by atoms with Gasteiger partial charge in [0.05, 0.1) is 22.0 Å². The van der Waals surface area contributed by atoms with Crippen molar-refractivity contribution in [2.24, 2.45) is 0 Å². The summed E-state index contributed by atoms with van der Waals surface area (Å²) in [5.41, 5.74) is 7.29. The third-order valence-corrected chi connectivity index (χ3v) is 6.44. The Morgan fingerprint density at radius 3 is 2.41 bits per heavy atom. The Kier molecular flexibility index (Phi) is 4.29. The molecule has 5 rings (SSSR count). The number of hydrogen-bond acceptors (Lipinski definition) is 3. The zero-order chi connectivity index (χ0) is 18.2. The van der Waals surface area contributed by atoms with Crippen molar-refractivity contribution in [3.63, 3.8) is 0 Å². The van der Waals surface area contributed by atoms with Crippen LogP contribution >= 0.6 is 11.3 Å². The summed E-state index contributed by atoms with van der Waals surface area (Å²) < 4.78 is 2.03. The molecule has 0 unspecified atom stereocenters. The third-order valence-electron chi connectivity index (χ3n) is 5.56. The van der Waals surface area contributed by atoms with Crippen LogP contribution in [0.4, 0.5) is 0 Å². The van der Waals surface area contributed by atoms with E-state index in [1.807, 2.05) is 10.7 Å². The van der Waals surface area contributed by atoms with Crippen molar-refractivity contribution in [2.75, 3.05) is 0 Å². The van der Waals surface area contributed by atoms with Crippen LogP contribution in [0.25, 0.3) is 27.3 Å². The SMILES string of the molecule is Cc1nn(-c2ccccc2)c2nc(-c3cccs3)c3c(c12)CCCCCC3. The Hall–Kier alpha value is -2.46. The molecule has 0 aliphatic heterocycles. The Balaban J connectivity index is 1.84. The first-order valence-corrected chi connectivity index (χ1v) is 10.7. The second-order valence-corrected chi connectivity index (χ2v) is 8.29. The lowest BCUT2D eigenvalue weighted by molar-refractivity contribution is 0.618. The van der Waals surface area contributed by atoms with Crippen LogP contribution in [0.3, 0.4) is 0 Å². The Labute approximate surface area is 163 Å². The van der Waals surface area contributed by atoms with E-state index in [1.54, 1.807) is 11.3 Å². The van der Waals surface area contributed by atoms with Crippen molar-refractivity contribution < 1.29 is 0 Å². The molecule has 0 bridgehead atoms. The maximum Gasteiger partial charge on any atom is 0.164 e. The van der Waals surface area contributed by atoms with Gasteiger partial charge in [-0.05, 0) is 67.3 Å². The number of fused-ring (bicyclic) bond motifs is 3. The zero-order valence-electron chi connectivity index (χ0n) is 15.6. The molecule has 4 aromatic rings. The molecule has 1 aliphatic carbocycles. The second kappa shape index (κ2) is 6.93. The van der Waals surface area contributed by atoms with Crippen LogP contribution < -0.4 is 0 Å². The number of benzene rings is 1. The highest BCUT2D eigenvalue weighted by Gasteiger charge is 2.23. The molecule has 0 saturated carbocycles. The highest BCUT2D eigenvalue weighted by atomic mass is 32.1. The molecular weight excluding hydrogens is 350 g/mol. The number of hydrogen-bond donors (Lipinski definition) is 0. The van der Waals surface area contributed by atoms with Gasteiger partial charge in [-0.2, -0.15) is 5.10 Å². The fraction of sp³-hybridized carbons (Fsp3) is 0.304. The summed E-state index contributed by atoms with van der Waals surface area (Å²) in [7, 11) is 0. The summed E-state index contributed by atoms with van der Waals surface area (Å²) in [6, 6.07) is 14.7. The molecule has 4 heteroatoms. The van der Waals surface area contributed by atoms with Crippen LogP contribution in [0.1, 0.15) is 42.5 Å². The molecule has 3 aromatic heterocycles. The summed E-state index contributed by atoms with van der Waals surface area (Å²) in [5, 5.41) is 8.33. The van der Waals surface area contributed by atoms with Gasteiger partial charge < -0.3 is 0 Å². The summed E-state index contributed by atoms with van der Waals surface area (Å²) in [4.78, 5) is 6.48. The first-order valence-electron chi connectivity index (χ1n) is 9.83. The van der Waals surface area contributed by atoms with E-state index in [1.165, 1.54) is 52.8 Å². The lowest BCUT2D eigenvalue weighted by Gasteiger charge is -2.18. The summed E-state index contributed by atoms with van der Waals surface area (Å²) >= 11 is 1.79. The predicted molar refractivity (Wildman–Crippen MR) is 113 cm³/mol. The summed E-state index contributed by atoms with van der Waals surface area (Å²) in [6.45, 7) is 2.13. The van der Waals surface area contributed by atoms with Crippen LogP contribution in [-0.2, 0) is 12.8 Å². The average Bonchev–Trinajstić information content (AvgIpc) is 3.31. The molecule has 0 radical (unpaired) electrons. The molecule has 0 fully saturated rings. The van der Waals surface area contributed by atoms with E-state index >= 15 is 0 Å². The molecule has 0 spiro atoms. The van der Waals surface area contributed by atoms with Crippen molar-refractivity contribution in [3.05, 3.63) is 64.7 Å². The fourth-order valence-electron chi connectivity index (χ4n) is 4.31. The predicted octanol–water partition coefficient (Wildman–Crippen LogP) is 6.12. The van der Waals surface area contributed by atoms with Gasteiger partial charge in [0.1, 0.15) is 0 Å². The average molecular weight is 374 g/mol. The first-order chi connectivity index (χ1) is 13.3. The normalized spacial score (nSPS) is 14.7. The van der Waals surface area contributed by atoms with Crippen molar-refractivity contribution >= 4 is 22.4 Å². The van der Waals surface area contributed by atoms with Gasteiger partial charge in [-0.15, -0.1) is 11.3 Å². The van der Waals surface area contributed by atoms with Crippen molar-refractivity contribution in [2.45, 2.75) is 45.4 Å². The maximum atomic E-state index is 5.21. The van der Waals surface area contributed by atoms with E-state index in [0.29, 0.717) is 0 Å². The number of rotatable bonds is 2. The number of aromatic nitrogens is 3. The van der Waals surface area contributed by atoms with Gasteiger partial charge in [-0.25, -0.2) is 9.67 Å². The molecule has 27 heavy (non-hydrogen) atoms. The fourth-order valence-corrected chi connectivity index (χ4v) is 5.05. The van der Waals surface area contributed by atoms with E-state index < -0.39 is 0 Å². The topological polar surface area (TPSA) is 30.7 Å². The lowest BCUT2D eigenvalue weighted by atomic mass is 9.90. The molecule has 3 heterocycles. The largest absolute Gasteiger partial charge is 0.227 e. The van der Waals surface area contributed by atoms with E-state index in [-0.39, 0.29) is 0 Å². The molecule has 3 nitrogen and oxygen atoms in total. The molecular formula is C23H23N3S. The number of thiophene rings is 1. The second-order valence-electron chi connectivity index (χ2n) is 7.34. The number of nitrogens with zero attached hydrogens (tertiary/aromatic N) is 3. The summed E-state index contributed by atoms with van der Waals surface area (Å²) in [5.74, 6) is 0. The smallest absolute Gasteiger partial charge is 0.164 e. The van der Waals surface area contributed by atoms with Gasteiger partial charge in [0.15, 0.2) is 5.65 Å². The first kappa shape index (κ1) is 16.7. The molecule has 0 amide bonds. The zero-order valence-corrected chi connectivity index (χ0v) is 16.4. The standard InChI is InChI=1S/C23H23N3S/c1-16-21-18-12-7-2-3-8-13-19(18)22(20-14-9-15-27-20)24-23(21)26(25-16)17-10-5-4-6-11-17/h4-6,9-11,14-15H,2-3,7-8,12-13H2,1H3. The van der Waals surface area contributed by atoms with Gasteiger partial charge in [-0.1, -0.05) is 37.1 Å². The minimum absolute atomic E-state index is 1.00. The highest BCUT2D eigenvalue weighted by molar-refractivity contribution is 7.13. The van der Waals surface area contributed by atoms with Gasteiger partial charge >= 0.3 is 0 Å². The van der Waals surface area contributed by atoms with Crippen LogP contribution in [0.2, 0.25) is 0 Å². The van der Waals surface area contributed by atoms with E-state index in [2.05, 4.69) is 48.7 Å². The van der Waals surface area contributed by atoms with Crippen LogP contribution in [-0.4, -0.2) is 14.8 Å². The van der Waals surface area contributed by atoms with E-state index in [0.717, 1.165) is 29.9 Å². The number of pyridine rings is 1. The molecule has 0 N–H and O–H groups in total. The summed E-state index contributed by atoms with van der Waals surface area (Å²) in [6.07, 6.45) is 7.42. The van der Waals surface area contributed by atoms with Crippen LogP contribution in [0.15, 0.2) is 47.8 Å². The van der Waals surface area contributed by atoms with Gasteiger partial charge in [0.2, 0.25) is 0 Å².